The summed E-state index contributed by atoms with van der Waals surface area (Å²) in [7, 11) is 0. The molecule has 2 amide bonds. The van der Waals surface area contributed by atoms with Crippen molar-refractivity contribution in [3.63, 3.8) is 0 Å². The zero-order chi connectivity index (χ0) is 19.0. The van der Waals surface area contributed by atoms with Gasteiger partial charge in [0.2, 0.25) is 0 Å². The van der Waals surface area contributed by atoms with E-state index in [0.29, 0.717) is 16.2 Å². The number of hydrogen-bond donors (Lipinski definition) is 0. The molecule has 1 aliphatic heterocycles. The largest absolute Gasteiger partial charge is 0.272 e. The Kier molecular flexibility index (Phi) is 5.05. The minimum Gasteiger partial charge on any atom is -0.268 e. The Labute approximate surface area is 159 Å². The highest BCUT2D eigenvalue weighted by Gasteiger charge is 2.40. The van der Waals surface area contributed by atoms with Gasteiger partial charge in [0.05, 0.1) is 16.2 Å². The van der Waals surface area contributed by atoms with E-state index in [2.05, 4.69) is 0 Å². The third kappa shape index (κ3) is 3.10. The molecule has 134 valence electrons. The topological polar surface area (TPSA) is 37.4 Å². The van der Waals surface area contributed by atoms with Gasteiger partial charge in [0, 0.05) is 0 Å². The Morgan fingerprint density at radius 2 is 1.46 bits per heavy atom. The quantitative estimate of drug-likeness (QED) is 0.719. The van der Waals surface area contributed by atoms with Crippen molar-refractivity contribution in [2.45, 2.75) is 34.6 Å². The first-order valence-corrected chi connectivity index (χ1v) is 9.74. The van der Waals surface area contributed by atoms with Gasteiger partial charge in [0.1, 0.15) is 0 Å². The molecule has 4 heteroatoms. The lowest BCUT2D eigenvalue weighted by molar-refractivity contribution is -0.119. The minimum atomic E-state index is -0.232. The van der Waals surface area contributed by atoms with Gasteiger partial charge in [0.15, 0.2) is 0 Å². The molecule has 0 fully saturated rings. The lowest BCUT2D eigenvalue weighted by atomic mass is 9.98. The number of carbonyl (C=O) groups excluding carboxylic acids is 2. The van der Waals surface area contributed by atoms with Gasteiger partial charge in [-0.3, -0.25) is 9.59 Å². The van der Waals surface area contributed by atoms with Crippen LogP contribution in [0.5, 0.6) is 0 Å². The molecule has 0 spiro atoms. The molecule has 1 heterocycles. The zero-order valence-electron chi connectivity index (χ0n) is 15.8. The van der Waals surface area contributed by atoms with Gasteiger partial charge in [-0.25, -0.2) is 4.90 Å². The van der Waals surface area contributed by atoms with Crippen LogP contribution in [0.4, 0.5) is 5.69 Å². The van der Waals surface area contributed by atoms with Crippen LogP contribution in [0, 0.1) is 27.7 Å². The highest BCUT2D eigenvalue weighted by molar-refractivity contribution is 8.04. The molecule has 0 saturated heterocycles. The van der Waals surface area contributed by atoms with Crippen LogP contribution >= 0.6 is 11.8 Å². The summed E-state index contributed by atoms with van der Waals surface area (Å²) < 4.78 is 0. The number of imide groups is 1. The van der Waals surface area contributed by atoms with Crippen LogP contribution in [0.3, 0.4) is 0 Å². The molecule has 2 aromatic rings. The average molecular weight is 365 g/mol. The molecule has 3 nitrogen and oxygen atoms in total. The van der Waals surface area contributed by atoms with Crippen LogP contribution in [0.15, 0.2) is 41.3 Å². The van der Waals surface area contributed by atoms with Crippen molar-refractivity contribution in [1.82, 2.24) is 0 Å². The lowest BCUT2D eigenvalue weighted by Gasteiger charge is -2.18. The first-order chi connectivity index (χ1) is 12.3. The Balaban J connectivity index is 2.15. The Morgan fingerprint density at radius 1 is 0.846 bits per heavy atom. The fourth-order valence-electron chi connectivity index (χ4n) is 3.39. The van der Waals surface area contributed by atoms with E-state index in [9.17, 15) is 9.59 Å². The smallest absolute Gasteiger partial charge is 0.268 e. The second kappa shape index (κ2) is 7.12. The van der Waals surface area contributed by atoms with Gasteiger partial charge < -0.3 is 0 Å². The number of nitrogens with zero attached hydrogens (tertiary/aromatic N) is 1. The summed E-state index contributed by atoms with van der Waals surface area (Å²) in [5, 5.41) is 0. The van der Waals surface area contributed by atoms with Gasteiger partial charge in [-0.1, -0.05) is 48.4 Å². The van der Waals surface area contributed by atoms with Crippen molar-refractivity contribution in [2.75, 3.05) is 10.7 Å². The normalized spacial score (nSPS) is 14.6. The van der Waals surface area contributed by atoms with E-state index in [1.165, 1.54) is 16.7 Å². The number of carbonyl (C=O) groups is 2. The molecule has 0 atom stereocenters. The van der Waals surface area contributed by atoms with E-state index in [4.69, 9.17) is 0 Å². The van der Waals surface area contributed by atoms with E-state index in [1.807, 2.05) is 71.0 Å². The second-order valence-corrected chi connectivity index (χ2v) is 7.97. The summed E-state index contributed by atoms with van der Waals surface area (Å²) in [6.45, 7) is 9.94. The fraction of sp³-hybridized carbons (Fsp3) is 0.273. The van der Waals surface area contributed by atoms with Crippen LogP contribution in [0.2, 0.25) is 0 Å². The number of rotatable bonds is 4. The number of anilines is 1. The minimum absolute atomic E-state index is 0.219. The molecular formula is C22H23NO2S. The summed E-state index contributed by atoms with van der Waals surface area (Å²) in [5.41, 5.74) is 6.22. The number of benzene rings is 2. The van der Waals surface area contributed by atoms with Gasteiger partial charge in [0.25, 0.3) is 11.8 Å². The van der Waals surface area contributed by atoms with E-state index in [1.54, 1.807) is 0 Å². The van der Waals surface area contributed by atoms with Crippen molar-refractivity contribution >= 4 is 34.8 Å². The molecule has 1 aliphatic rings. The molecule has 0 unspecified atom stereocenters. The van der Waals surface area contributed by atoms with Crippen LogP contribution < -0.4 is 4.90 Å². The SMILES string of the molecule is CCSC1=C(c2ccc(C)cc2C)C(=O)N(c2ccc(C)cc2C)C1=O. The van der Waals surface area contributed by atoms with Crippen LogP contribution in [-0.4, -0.2) is 17.6 Å². The summed E-state index contributed by atoms with van der Waals surface area (Å²) in [5.74, 6) is 0.289. The maximum atomic E-state index is 13.3. The summed E-state index contributed by atoms with van der Waals surface area (Å²) in [6.07, 6.45) is 0. The van der Waals surface area contributed by atoms with E-state index >= 15 is 0 Å². The van der Waals surface area contributed by atoms with Crippen molar-refractivity contribution in [3.05, 3.63) is 69.1 Å². The molecule has 0 N–H and O–H groups in total. The van der Waals surface area contributed by atoms with Gasteiger partial charge in [-0.05, 0) is 56.2 Å². The molecule has 0 aromatic heterocycles. The molecule has 0 bridgehead atoms. The molecule has 0 aliphatic carbocycles. The molecular weight excluding hydrogens is 342 g/mol. The maximum Gasteiger partial charge on any atom is 0.272 e. The average Bonchev–Trinajstić information content (AvgIpc) is 2.80. The summed E-state index contributed by atoms with van der Waals surface area (Å²) >= 11 is 1.44. The first kappa shape index (κ1) is 18.5. The van der Waals surface area contributed by atoms with E-state index in [0.717, 1.165) is 33.6 Å². The van der Waals surface area contributed by atoms with Gasteiger partial charge in [-0.15, -0.1) is 11.8 Å². The third-order valence-corrected chi connectivity index (χ3v) is 5.53. The summed E-state index contributed by atoms with van der Waals surface area (Å²) in [4.78, 5) is 28.3. The van der Waals surface area contributed by atoms with Crippen LogP contribution in [0.1, 0.15) is 34.7 Å². The Morgan fingerprint density at radius 3 is 2.04 bits per heavy atom. The van der Waals surface area contributed by atoms with Crippen molar-refractivity contribution in [2.24, 2.45) is 0 Å². The molecule has 26 heavy (non-hydrogen) atoms. The predicted molar refractivity (Wildman–Crippen MR) is 109 cm³/mol. The zero-order valence-corrected chi connectivity index (χ0v) is 16.7. The highest BCUT2D eigenvalue weighted by atomic mass is 32.2. The van der Waals surface area contributed by atoms with Crippen molar-refractivity contribution < 1.29 is 9.59 Å². The number of aryl methyl sites for hydroxylation is 4. The standard InChI is InChI=1S/C22H23NO2S/c1-6-26-20-19(17-9-7-13(2)11-15(17)4)21(24)23(22(20)25)18-10-8-14(3)12-16(18)5/h7-12H,6H2,1-5H3. The number of thioether (sulfide) groups is 1. The fourth-order valence-corrected chi connectivity index (χ4v) is 4.24. The monoisotopic (exact) mass is 365 g/mol. The molecule has 0 radical (unpaired) electrons. The van der Waals surface area contributed by atoms with Gasteiger partial charge in [-0.2, -0.15) is 0 Å². The first-order valence-electron chi connectivity index (χ1n) is 8.76. The molecule has 2 aromatic carbocycles. The van der Waals surface area contributed by atoms with Crippen LogP contribution in [-0.2, 0) is 9.59 Å². The Bertz CT molecular complexity index is 943. The van der Waals surface area contributed by atoms with E-state index < -0.39 is 0 Å². The summed E-state index contributed by atoms with van der Waals surface area (Å²) in [6, 6.07) is 11.8. The Hall–Kier alpha value is -2.33. The third-order valence-electron chi connectivity index (χ3n) is 4.57. The van der Waals surface area contributed by atoms with Gasteiger partial charge >= 0.3 is 0 Å². The molecule has 0 saturated carbocycles. The van der Waals surface area contributed by atoms with E-state index in [-0.39, 0.29) is 11.8 Å². The lowest BCUT2D eigenvalue weighted by Crippen LogP contribution is -2.32. The number of hydrogen-bond acceptors (Lipinski definition) is 3. The molecule has 3 rings (SSSR count). The van der Waals surface area contributed by atoms with Crippen molar-refractivity contribution in [3.8, 4) is 0 Å². The van der Waals surface area contributed by atoms with Crippen molar-refractivity contribution in [1.29, 1.82) is 0 Å². The number of amides is 2. The highest BCUT2D eigenvalue weighted by Crippen LogP contribution is 2.40. The second-order valence-electron chi connectivity index (χ2n) is 6.69. The van der Waals surface area contributed by atoms with Crippen LogP contribution in [0.25, 0.3) is 5.57 Å². The maximum absolute atomic E-state index is 13.3. The predicted octanol–water partition coefficient (Wildman–Crippen LogP) is 4.96.